The number of nitrogen functional groups attached to an aromatic ring is 1. The molecule has 0 fully saturated rings. The van der Waals surface area contributed by atoms with E-state index in [1.165, 1.54) is 4.90 Å². The highest BCUT2D eigenvalue weighted by Crippen LogP contribution is 2.29. The fraction of sp³-hybridized carbons (Fsp3) is 0.167. The molecule has 0 saturated carbocycles. The number of rotatable bonds is 3. The van der Waals surface area contributed by atoms with E-state index >= 15 is 0 Å². The highest BCUT2D eigenvalue weighted by molar-refractivity contribution is 9.11. The van der Waals surface area contributed by atoms with Crippen LogP contribution in [0.15, 0.2) is 38.1 Å². The van der Waals surface area contributed by atoms with Crippen LogP contribution in [0, 0.1) is 6.92 Å². The first-order valence-electron chi connectivity index (χ1n) is 5.23. The second-order valence-electron chi connectivity index (χ2n) is 3.64. The van der Waals surface area contributed by atoms with E-state index in [2.05, 4.69) is 47.9 Å². The van der Waals surface area contributed by atoms with Gasteiger partial charge >= 0.3 is 0 Å². The summed E-state index contributed by atoms with van der Waals surface area (Å²) in [5.74, 6) is 1.93. The zero-order valence-electron chi connectivity index (χ0n) is 9.65. The Kier molecular flexibility index (Phi) is 4.64. The Balaban J connectivity index is 2.14. The molecule has 2 rings (SSSR count). The largest absolute Gasteiger partial charge is 0.383 e. The highest BCUT2D eigenvalue weighted by atomic mass is 79.9. The summed E-state index contributed by atoms with van der Waals surface area (Å²) in [7, 11) is 0. The Morgan fingerprint density at radius 2 is 1.94 bits per heavy atom. The minimum absolute atomic E-state index is 0.491. The number of anilines is 1. The lowest BCUT2D eigenvalue weighted by Gasteiger charge is -2.06. The van der Waals surface area contributed by atoms with Gasteiger partial charge in [0.1, 0.15) is 11.6 Å². The van der Waals surface area contributed by atoms with Gasteiger partial charge in [-0.25, -0.2) is 9.97 Å². The minimum Gasteiger partial charge on any atom is -0.383 e. The normalized spacial score (nSPS) is 10.6. The van der Waals surface area contributed by atoms with Crippen LogP contribution >= 0.6 is 43.6 Å². The van der Waals surface area contributed by atoms with Crippen molar-refractivity contribution >= 4 is 49.4 Å². The van der Waals surface area contributed by atoms with Crippen LogP contribution in [-0.4, -0.2) is 9.97 Å². The Morgan fingerprint density at radius 1 is 1.22 bits per heavy atom. The van der Waals surface area contributed by atoms with Gasteiger partial charge in [-0.05, 0) is 50.9 Å². The molecule has 94 valence electrons. The molecule has 1 aromatic heterocycles. The summed E-state index contributed by atoms with van der Waals surface area (Å²) in [6.45, 7) is 1.91. The van der Waals surface area contributed by atoms with Crippen LogP contribution in [0.5, 0.6) is 0 Å². The molecule has 0 saturated heterocycles. The Labute approximate surface area is 127 Å². The molecule has 0 aliphatic carbocycles. The van der Waals surface area contributed by atoms with E-state index in [4.69, 9.17) is 5.73 Å². The first-order valence-corrected chi connectivity index (χ1v) is 7.81. The lowest BCUT2D eigenvalue weighted by molar-refractivity contribution is 0.992. The molecule has 0 aliphatic heterocycles. The molecule has 0 radical (unpaired) electrons. The average Bonchev–Trinajstić information content (AvgIpc) is 2.35. The molecular formula is C12H11Br2N3S. The van der Waals surface area contributed by atoms with Gasteiger partial charge in [-0.1, -0.05) is 12.1 Å². The number of benzene rings is 1. The molecule has 0 aliphatic rings. The van der Waals surface area contributed by atoms with Gasteiger partial charge in [0.05, 0.1) is 15.9 Å². The molecule has 2 N–H and O–H groups in total. The quantitative estimate of drug-likeness (QED) is 0.801. The van der Waals surface area contributed by atoms with Gasteiger partial charge in [0.2, 0.25) is 0 Å². The summed E-state index contributed by atoms with van der Waals surface area (Å²) < 4.78 is 1.86. The smallest absolute Gasteiger partial charge is 0.141 e. The Bertz CT molecular complexity index is 552. The lowest BCUT2D eigenvalue weighted by Crippen LogP contribution is -2.02. The molecule has 0 atom stereocenters. The Morgan fingerprint density at radius 3 is 2.61 bits per heavy atom. The summed E-state index contributed by atoms with van der Waals surface area (Å²) in [5, 5.41) is 0. The van der Waals surface area contributed by atoms with Gasteiger partial charge in [0.15, 0.2) is 0 Å². The first kappa shape index (κ1) is 13.8. The number of nitrogens with zero attached hydrogens (tertiary/aromatic N) is 2. The number of hydrogen-bond acceptors (Lipinski definition) is 4. The summed E-state index contributed by atoms with van der Waals surface area (Å²) in [5.41, 5.74) is 6.67. The summed E-state index contributed by atoms with van der Waals surface area (Å²) in [6, 6.07) is 8.08. The van der Waals surface area contributed by atoms with E-state index in [1.807, 2.05) is 25.1 Å². The molecular weight excluding hydrogens is 378 g/mol. The molecule has 6 heteroatoms. The average molecular weight is 389 g/mol. The second kappa shape index (κ2) is 6.04. The topological polar surface area (TPSA) is 51.8 Å². The number of aromatic nitrogens is 2. The maximum absolute atomic E-state index is 5.80. The maximum Gasteiger partial charge on any atom is 0.141 e. The third-order valence-electron chi connectivity index (χ3n) is 2.28. The van der Waals surface area contributed by atoms with Gasteiger partial charge in [-0.2, -0.15) is 0 Å². The van der Waals surface area contributed by atoms with Crippen molar-refractivity contribution in [2.75, 3.05) is 5.73 Å². The first-order chi connectivity index (χ1) is 8.58. The van der Waals surface area contributed by atoms with Crippen LogP contribution in [0.25, 0.3) is 0 Å². The fourth-order valence-electron chi connectivity index (χ4n) is 1.41. The SMILES string of the molecule is Cc1nc(CSc2ccccc2Br)nc(N)c1Br. The van der Waals surface area contributed by atoms with Gasteiger partial charge in [-0.3, -0.25) is 0 Å². The molecule has 0 bridgehead atoms. The van der Waals surface area contributed by atoms with Crippen LogP contribution in [0.1, 0.15) is 11.5 Å². The number of halogens is 2. The van der Waals surface area contributed by atoms with Gasteiger partial charge < -0.3 is 5.73 Å². The van der Waals surface area contributed by atoms with Gasteiger partial charge in [0, 0.05) is 9.37 Å². The number of aryl methyl sites for hydroxylation is 1. The second-order valence-corrected chi connectivity index (χ2v) is 6.31. The molecule has 0 spiro atoms. The van der Waals surface area contributed by atoms with E-state index < -0.39 is 0 Å². The summed E-state index contributed by atoms with van der Waals surface area (Å²) >= 11 is 8.55. The van der Waals surface area contributed by atoms with Crippen LogP contribution in [-0.2, 0) is 5.75 Å². The number of nitrogens with two attached hydrogens (primary N) is 1. The molecule has 1 aromatic carbocycles. The zero-order chi connectivity index (χ0) is 13.1. The highest BCUT2D eigenvalue weighted by Gasteiger charge is 2.07. The van der Waals surface area contributed by atoms with E-state index in [9.17, 15) is 0 Å². The monoisotopic (exact) mass is 387 g/mol. The molecule has 18 heavy (non-hydrogen) atoms. The Hall–Kier alpha value is -0.590. The van der Waals surface area contributed by atoms with Crippen molar-refractivity contribution in [1.82, 2.24) is 9.97 Å². The van der Waals surface area contributed by atoms with E-state index in [1.54, 1.807) is 11.8 Å². The third-order valence-corrected chi connectivity index (χ3v) is 5.29. The molecule has 1 heterocycles. The fourth-order valence-corrected chi connectivity index (χ4v) is 3.01. The number of hydrogen-bond donors (Lipinski definition) is 1. The van der Waals surface area contributed by atoms with Crippen molar-refractivity contribution in [2.45, 2.75) is 17.6 Å². The van der Waals surface area contributed by atoms with Crippen molar-refractivity contribution in [3.05, 3.63) is 44.7 Å². The molecule has 0 amide bonds. The van der Waals surface area contributed by atoms with Crippen molar-refractivity contribution in [3.63, 3.8) is 0 Å². The van der Waals surface area contributed by atoms with Crippen LogP contribution in [0.2, 0.25) is 0 Å². The predicted molar refractivity (Wildman–Crippen MR) is 82.6 cm³/mol. The van der Waals surface area contributed by atoms with Crippen molar-refractivity contribution in [2.24, 2.45) is 0 Å². The van der Waals surface area contributed by atoms with Crippen molar-refractivity contribution < 1.29 is 0 Å². The zero-order valence-corrected chi connectivity index (χ0v) is 13.6. The summed E-state index contributed by atoms with van der Waals surface area (Å²) in [4.78, 5) is 9.83. The maximum atomic E-state index is 5.80. The van der Waals surface area contributed by atoms with Crippen LogP contribution in [0.4, 0.5) is 5.82 Å². The van der Waals surface area contributed by atoms with Gasteiger partial charge in [-0.15, -0.1) is 11.8 Å². The van der Waals surface area contributed by atoms with Crippen LogP contribution < -0.4 is 5.73 Å². The number of thioether (sulfide) groups is 1. The molecule has 2 aromatic rings. The van der Waals surface area contributed by atoms with E-state index in [0.717, 1.165) is 20.5 Å². The van der Waals surface area contributed by atoms with E-state index in [0.29, 0.717) is 11.6 Å². The molecule has 3 nitrogen and oxygen atoms in total. The standard InChI is InChI=1S/C12H11Br2N3S/c1-7-11(14)12(15)17-10(16-7)6-18-9-5-3-2-4-8(9)13/h2-5H,6H2,1H3,(H2,15,16,17). The third kappa shape index (κ3) is 3.24. The molecule has 0 unspecified atom stereocenters. The summed E-state index contributed by atoms with van der Waals surface area (Å²) in [6.07, 6.45) is 0. The van der Waals surface area contributed by atoms with Crippen molar-refractivity contribution in [3.8, 4) is 0 Å². The van der Waals surface area contributed by atoms with E-state index in [-0.39, 0.29) is 0 Å². The van der Waals surface area contributed by atoms with Crippen LogP contribution in [0.3, 0.4) is 0 Å². The lowest BCUT2D eigenvalue weighted by atomic mass is 10.4. The minimum atomic E-state index is 0.491. The predicted octanol–water partition coefficient (Wildman–Crippen LogP) is 4.18. The van der Waals surface area contributed by atoms with Crippen molar-refractivity contribution in [1.29, 1.82) is 0 Å². The van der Waals surface area contributed by atoms with Gasteiger partial charge in [0.25, 0.3) is 0 Å².